The minimum absolute atomic E-state index is 0.103. The first-order chi connectivity index (χ1) is 10.4. The van der Waals surface area contributed by atoms with Crippen LogP contribution in [0.3, 0.4) is 0 Å². The Labute approximate surface area is 130 Å². The lowest BCUT2D eigenvalue weighted by molar-refractivity contribution is -0.118. The molecular formula is C15H23N3O4. The first-order valence-corrected chi connectivity index (χ1v) is 6.94. The van der Waals surface area contributed by atoms with E-state index in [1.165, 1.54) is 12.0 Å². The fourth-order valence-corrected chi connectivity index (χ4v) is 1.78. The number of benzene rings is 1. The molecule has 0 saturated carbocycles. The number of rotatable bonds is 7. The monoisotopic (exact) mass is 309 g/mol. The molecule has 1 atom stereocenters. The molecule has 7 heteroatoms. The summed E-state index contributed by atoms with van der Waals surface area (Å²) in [4.78, 5) is 25.5. The second-order valence-electron chi connectivity index (χ2n) is 4.89. The van der Waals surface area contributed by atoms with E-state index in [1.54, 1.807) is 32.3 Å². The highest BCUT2D eigenvalue weighted by Gasteiger charge is 2.17. The summed E-state index contributed by atoms with van der Waals surface area (Å²) >= 11 is 0. The molecular weight excluding hydrogens is 286 g/mol. The molecule has 1 aromatic carbocycles. The van der Waals surface area contributed by atoms with Crippen LogP contribution in [0, 0.1) is 0 Å². The Morgan fingerprint density at radius 3 is 2.59 bits per heavy atom. The second-order valence-corrected chi connectivity index (χ2v) is 4.89. The van der Waals surface area contributed by atoms with Crippen molar-refractivity contribution in [3.05, 3.63) is 23.8 Å². The Balaban J connectivity index is 3.04. The van der Waals surface area contributed by atoms with Crippen LogP contribution in [0.2, 0.25) is 0 Å². The summed E-state index contributed by atoms with van der Waals surface area (Å²) in [5.74, 6) is -0.0900. The third-order valence-corrected chi connectivity index (χ3v) is 2.87. The average Bonchev–Trinajstić information content (AvgIpc) is 2.48. The lowest BCUT2D eigenvalue weighted by Gasteiger charge is -2.17. The molecule has 0 aromatic heterocycles. The summed E-state index contributed by atoms with van der Waals surface area (Å²) in [6, 6.07) is 4.08. The smallest absolute Gasteiger partial charge is 0.253 e. The third-order valence-electron chi connectivity index (χ3n) is 2.87. The van der Waals surface area contributed by atoms with E-state index in [2.05, 4.69) is 5.32 Å². The molecule has 0 aliphatic heterocycles. The fourth-order valence-electron chi connectivity index (χ4n) is 1.78. The minimum Gasteiger partial charge on any atom is -0.492 e. The SMILES string of the molecule is CCOc1ccc(C(=O)N(C)C)cc1NC(=O)C(N)COC. The van der Waals surface area contributed by atoms with Crippen LogP contribution in [0.4, 0.5) is 5.69 Å². The molecule has 0 bridgehead atoms. The predicted octanol–water partition coefficient (Wildman–Crippen LogP) is 0.699. The van der Waals surface area contributed by atoms with Crippen LogP contribution in [-0.2, 0) is 9.53 Å². The van der Waals surface area contributed by atoms with Gasteiger partial charge < -0.3 is 25.4 Å². The molecule has 7 nitrogen and oxygen atoms in total. The fraction of sp³-hybridized carbons (Fsp3) is 0.467. The van der Waals surface area contributed by atoms with Gasteiger partial charge in [-0.1, -0.05) is 0 Å². The average molecular weight is 309 g/mol. The standard InChI is InChI=1S/C15H23N3O4/c1-5-22-13-7-6-10(15(20)18(2)3)8-12(13)17-14(19)11(16)9-21-4/h6-8,11H,5,9,16H2,1-4H3,(H,17,19). The van der Waals surface area contributed by atoms with E-state index in [4.69, 9.17) is 15.2 Å². The molecule has 0 spiro atoms. The lowest BCUT2D eigenvalue weighted by Crippen LogP contribution is -2.39. The highest BCUT2D eigenvalue weighted by atomic mass is 16.5. The van der Waals surface area contributed by atoms with Crippen LogP contribution in [0.15, 0.2) is 18.2 Å². The Kier molecular flexibility index (Phi) is 6.81. The Hall–Kier alpha value is -2.12. The Bertz CT molecular complexity index is 532. The highest BCUT2D eigenvalue weighted by molar-refractivity contribution is 5.99. The predicted molar refractivity (Wildman–Crippen MR) is 84.1 cm³/mol. The topological polar surface area (TPSA) is 93.9 Å². The molecule has 22 heavy (non-hydrogen) atoms. The number of methoxy groups -OCH3 is 1. The van der Waals surface area contributed by atoms with Gasteiger partial charge in [-0.2, -0.15) is 0 Å². The largest absolute Gasteiger partial charge is 0.492 e. The van der Waals surface area contributed by atoms with Crippen LogP contribution in [0.25, 0.3) is 0 Å². The van der Waals surface area contributed by atoms with Crippen molar-refractivity contribution in [3.8, 4) is 5.75 Å². The summed E-state index contributed by atoms with van der Waals surface area (Å²) in [5.41, 5.74) is 6.55. The zero-order valence-electron chi connectivity index (χ0n) is 13.4. The number of nitrogens with one attached hydrogen (secondary N) is 1. The second kappa shape index (κ2) is 8.35. The van der Waals surface area contributed by atoms with E-state index in [0.29, 0.717) is 23.6 Å². The molecule has 0 heterocycles. The van der Waals surface area contributed by atoms with Crippen LogP contribution >= 0.6 is 0 Å². The number of nitrogens with zero attached hydrogens (tertiary/aromatic N) is 1. The van der Waals surface area contributed by atoms with E-state index in [0.717, 1.165) is 0 Å². The van der Waals surface area contributed by atoms with Gasteiger partial charge in [-0.3, -0.25) is 9.59 Å². The molecule has 3 N–H and O–H groups in total. The van der Waals surface area contributed by atoms with Gasteiger partial charge in [0.1, 0.15) is 11.8 Å². The van der Waals surface area contributed by atoms with Crippen molar-refractivity contribution in [1.82, 2.24) is 4.90 Å². The quantitative estimate of drug-likeness (QED) is 0.773. The van der Waals surface area contributed by atoms with Gasteiger partial charge in [0.15, 0.2) is 0 Å². The maximum absolute atomic E-state index is 12.0. The van der Waals surface area contributed by atoms with Crippen molar-refractivity contribution >= 4 is 17.5 Å². The summed E-state index contributed by atoms with van der Waals surface area (Å²) in [6.45, 7) is 2.38. The van der Waals surface area contributed by atoms with E-state index >= 15 is 0 Å². The molecule has 2 amide bonds. The Morgan fingerprint density at radius 2 is 2.05 bits per heavy atom. The normalized spacial score (nSPS) is 11.7. The van der Waals surface area contributed by atoms with Crippen LogP contribution in [-0.4, -0.2) is 57.2 Å². The molecule has 1 aromatic rings. The number of anilines is 1. The summed E-state index contributed by atoms with van der Waals surface area (Å²) in [5, 5.41) is 2.67. The summed E-state index contributed by atoms with van der Waals surface area (Å²) in [7, 11) is 4.78. The van der Waals surface area contributed by atoms with Gasteiger partial charge >= 0.3 is 0 Å². The van der Waals surface area contributed by atoms with Gasteiger partial charge in [-0.05, 0) is 25.1 Å². The van der Waals surface area contributed by atoms with Crippen molar-refractivity contribution in [1.29, 1.82) is 0 Å². The van der Waals surface area contributed by atoms with Crippen molar-refractivity contribution in [2.45, 2.75) is 13.0 Å². The first-order valence-electron chi connectivity index (χ1n) is 6.94. The number of hydrogen-bond acceptors (Lipinski definition) is 5. The van der Waals surface area contributed by atoms with E-state index < -0.39 is 11.9 Å². The van der Waals surface area contributed by atoms with Gasteiger partial charge in [-0.25, -0.2) is 0 Å². The first kappa shape index (κ1) is 17.9. The number of nitrogens with two attached hydrogens (primary N) is 1. The molecule has 1 rings (SSSR count). The van der Waals surface area contributed by atoms with Crippen molar-refractivity contribution in [2.75, 3.05) is 39.7 Å². The van der Waals surface area contributed by atoms with Crippen molar-refractivity contribution in [3.63, 3.8) is 0 Å². The van der Waals surface area contributed by atoms with Gasteiger partial charge in [0, 0.05) is 26.8 Å². The number of hydrogen-bond donors (Lipinski definition) is 2. The molecule has 122 valence electrons. The van der Waals surface area contributed by atoms with E-state index in [-0.39, 0.29) is 12.5 Å². The molecule has 0 fully saturated rings. The third kappa shape index (κ3) is 4.71. The number of carbonyl (C=O) groups excluding carboxylic acids is 2. The molecule has 0 aliphatic carbocycles. The molecule has 0 saturated heterocycles. The maximum Gasteiger partial charge on any atom is 0.253 e. The van der Waals surface area contributed by atoms with E-state index in [1.807, 2.05) is 6.92 Å². The Morgan fingerprint density at radius 1 is 1.36 bits per heavy atom. The zero-order valence-corrected chi connectivity index (χ0v) is 13.4. The molecule has 0 aliphatic rings. The zero-order chi connectivity index (χ0) is 16.7. The van der Waals surface area contributed by atoms with Gasteiger partial charge in [-0.15, -0.1) is 0 Å². The number of amides is 2. The van der Waals surface area contributed by atoms with E-state index in [9.17, 15) is 9.59 Å². The number of ether oxygens (including phenoxy) is 2. The summed E-state index contributed by atoms with van der Waals surface area (Å²) < 4.78 is 10.3. The maximum atomic E-state index is 12.0. The van der Waals surface area contributed by atoms with Crippen LogP contribution in [0.5, 0.6) is 5.75 Å². The molecule has 1 unspecified atom stereocenters. The van der Waals surface area contributed by atoms with Crippen LogP contribution < -0.4 is 15.8 Å². The summed E-state index contributed by atoms with van der Waals surface area (Å²) in [6.07, 6.45) is 0. The van der Waals surface area contributed by atoms with Crippen molar-refractivity contribution < 1.29 is 19.1 Å². The van der Waals surface area contributed by atoms with Gasteiger partial charge in [0.2, 0.25) is 5.91 Å². The van der Waals surface area contributed by atoms with Gasteiger partial charge in [0.05, 0.1) is 18.9 Å². The van der Waals surface area contributed by atoms with Crippen LogP contribution in [0.1, 0.15) is 17.3 Å². The number of carbonyl (C=O) groups is 2. The lowest BCUT2D eigenvalue weighted by atomic mass is 10.1. The highest BCUT2D eigenvalue weighted by Crippen LogP contribution is 2.26. The molecule has 0 radical (unpaired) electrons. The minimum atomic E-state index is -0.798. The van der Waals surface area contributed by atoms with Gasteiger partial charge in [0.25, 0.3) is 5.91 Å². The van der Waals surface area contributed by atoms with Crippen molar-refractivity contribution in [2.24, 2.45) is 5.73 Å².